The number of nitrogens with zero attached hydrogens (tertiary/aromatic N) is 2. The number of aliphatic carboxylic acids is 1. The van der Waals surface area contributed by atoms with Gasteiger partial charge >= 0.3 is 12.0 Å². The zero-order valence-electron chi connectivity index (χ0n) is 9.52. The van der Waals surface area contributed by atoms with E-state index in [1.54, 1.807) is 13.8 Å². The van der Waals surface area contributed by atoms with Gasteiger partial charge in [0.1, 0.15) is 6.54 Å². The van der Waals surface area contributed by atoms with E-state index in [4.69, 9.17) is 10.2 Å². The van der Waals surface area contributed by atoms with Crippen LogP contribution in [-0.2, 0) is 4.79 Å². The Hall–Kier alpha value is -1.30. The SMILES string of the molecule is CN(CC(=O)O)C(=O)N(C)C(C)(C)CO. The quantitative estimate of drug-likeness (QED) is 0.686. The lowest BCUT2D eigenvalue weighted by molar-refractivity contribution is -0.137. The standard InChI is InChI=1S/C9H18N2O4/c1-9(2,6-12)11(4)8(15)10(3)5-7(13)14/h12H,5-6H2,1-4H3,(H,13,14). The van der Waals surface area contributed by atoms with Crippen LogP contribution >= 0.6 is 0 Å². The summed E-state index contributed by atoms with van der Waals surface area (Å²) in [4.78, 5) is 24.5. The maximum Gasteiger partial charge on any atom is 0.323 e. The van der Waals surface area contributed by atoms with Gasteiger partial charge in [0, 0.05) is 14.1 Å². The number of aliphatic hydroxyl groups is 1. The molecular formula is C9H18N2O4. The van der Waals surface area contributed by atoms with Crippen LogP contribution in [0.4, 0.5) is 4.79 Å². The minimum atomic E-state index is -1.07. The predicted octanol–water partition coefficient (Wildman–Crippen LogP) is -0.175. The van der Waals surface area contributed by atoms with Crippen LogP contribution in [0.1, 0.15) is 13.8 Å². The Balaban J connectivity index is 4.51. The van der Waals surface area contributed by atoms with E-state index in [-0.39, 0.29) is 13.2 Å². The molecule has 88 valence electrons. The van der Waals surface area contributed by atoms with Crippen molar-refractivity contribution in [3.63, 3.8) is 0 Å². The molecule has 0 atom stereocenters. The fourth-order valence-electron chi connectivity index (χ4n) is 0.892. The molecule has 0 unspecified atom stereocenters. The molecular weight excluding hydrogens is 200 g/mol. The van der Waals surface area contributed by atoms with Crippen LogP contribution in [-0.4, -0.2) is 64.8 Å². The summed E-state index contributed by atoms with van der Waals surface area (Å²) in [6.07, 6.45) is 0. The maximum atomic E-state index is 11.7. The molecule has 6 heteroatoms. The van der Waals surface area contributed by atoms with Gasteiger partial charge in [0.15, 0.2) is 0 Å². The third-order valence-corrected chi connectivity index (χ3v) is 2.28. The third kappa shape index (κ3) is 3.75. The van der Waals surface area contributed by atoms with Gasteiger partial charge in [-0.3, -0.25) is 4.79 Å². The normalized spacial score (nSPS) is 11.0. The summed E-state index contributed by atoms with van der Waals surface area (Å²) < 4.78 is 0. The van der Waals surface area contributed by atoms with E-state index in [1.165, 1.54) is 19.0 Å². The van der Waals surface area contributed by atoms with Crippen LogP contribution in [0.3, 0.4) is 0 Å². The summed E-state index contributed by atoms with van der Waals surface area (Å²) in [5, 5.41) is 17.6. The van der Waals surface area contributed by atoms with Gasteiger partial charge in [0.2, 0.25) is 0 Å². The molecule has 0 aliphatic carbocycles. The third-order valence-electron chi connectivity index (χ3n) is 2.28. The van der Waals surface area contributed by atoms with Crippen LogP contribution in [0.15, 0.2) is 0 Å². The number of rotatable bonds is 4. The van der Waals surface area contributed by atoms with E-state index in [9.17, 15) is 9.59 Å². The second kappa shape index (κ2) is 4.97. The Morgan fingerprint density at radius 3 is 2.07 bits per heavy atom. The number of carboxylic acids is 1. The van der Waals surface area contributed by atoms with Gasteiger partial charge in [-0.15, -0.1) is 0 Å². The van der Waals surface area contributed by atoms with E-state index in [2.05, 4.69) is 0 Å². The van der Waals surface area contributed by atoms with Crippen LogP contribution < -0.4 is 0 Å². The highest BCUT2D eigenvalue weighted by atomic mass is 16.4. The van der Waals surface area contributed by atoms with E-state index in [0.29, 0.717) is 0 Å². The lowest BCUT2D eigenvalue weighted by Gasteiger charge is -2.36. The summed E-state index contributed by atoms with van der Waals surface area (Å²) >= 11 is 0. The Labute approximate surface area is 89.1 Å². The van der Waals surface area contributed by atoms with Gasteiger partial charge in [-0.25, -0.2) is 4.79 Å². The van der Waals surface area contributed by atoms with Gasteiger partial charge in [-0.2, -0.15) is 0 Å². The summed E-state index contributed by atoms with van der Waals surface area (Å²) in [6, 6.07) is -0.434. The maximum absolute atomic E-state index is 11.7. The van der Waals surface area contributed by atoms with E-state index < -0.39 is 17.5 Å². The highest BCUT2D eigenvalue weighted by molar-refractivity contribution is 5.80. The van der Waals surface area contributed by atoms with Gasteiger partial charge < -0.3 is 20.0 Å². The number of amides is 2. The zero-order valence-corrected chi connectivity index (χ0v) is 9.52. The molecule has 0 aromatic heterocycles. The molecule has 0 saturated carbocycles. The number of hydrogen-bond acceptors (Lipinski definition) is 3. The monoisotopic (exact) mass is 218 g/mol. The Bertz CT molecular complexity index is 252. The molecule has 2 N–H and O–H groups in total. The lowest BCUT2D eigenvalue weighted by atomic mass is 10.1. The van der Waals surface area contributed by atoms with Crippen molar-refractivity contribution in [2.24, 2.45) is 0 Å². The first-order valence-corrected chi connectivity index (χ1v) is 4.54. The van der Waals surface area contributed by atoms with Crippen LogP contribution in [0.2, 0.25) is 0 Å². The first kappa shape index (κ1) is 13.7. The number of carboxylic acid groups (broad SMARTS) is 1. The molecule has 0 fully saturated rings. The molecule has 0 aromatic carbocycles. The van der Waals surface area contributed by atoms with Crippen molar-refractivity contribution >= 4 is 12.0 Å². The molecule has 0 bridgehead atoms. The topological polar surface area (TPSA) is 81.1 Å². The summed E-state index contributed by atoms with van der Waals surface area (Å²) in [6.45, 7) is 2.85. The minimum Gasteiger partial charge on any atom is -0.480 e. The Morgan fingerprint density at radius 1 is 1.27 bits per heavy atom. The molecule has 2 amide bonds. The number of hydrogen-bond donors (Lipinski definition) is 2. The highest BCUT2D eigenvalue weighted by Crippen LogP contribution is 2.12. The summed E-state index contributed by atoms with van der Waals surface area (Å²) in [5.74, 6) is -1.07. The van der Waals surface area contributed by atoms with Gasteiger partial charge in [-0.1, -0.05) is 0 Å². The van der Waals surface area contributed by atoms with Gasteiger partial charge in [-0.05, 0) is 13.8 Å². The highest BCUT2D eigenvalue weighted by Gasteiger charge is 2.29. The van der Waals surface area contributed by atoms with Crippen molar-refractivity contribution in [1.82, 2.24) is 9.80 Å². The number of carbonyl (C=O) groups is 2. The summed E-state index contributed by atoms with van der Waals surface area (Å²) in [5.41, 5.74) is -0.705. The largest absolute Gasteiger partial charge is 0.480 e. The van der Waals surface area contributed by atoms with Crippen LogP contribution in [0.25, 0.3) is 0 Å². The van der Waals surface area contributed by atoms with E-state index in [0.717, 1.165) is 4.90 Å². The Morgan fingerprint density at radius 2 is 1.73 bits per heavy atom. The Kier molecular flexibility index (Phi) is 4.54. The molecule has 6 nitrogen and oxygen atoms in total. The molecule has 0 aliphatic rings. The number of urea groups is 1. The van der Waals surface area contributed by atoms with E-state index in [1.807, 2.05) is 0 Å². The molecule has 0 spiro atoms. The van der Waals surface area contributed by atoms with Crippen molar-refractivity contribution in [3.8, 4) is 0 Å². The summed E-state index contributed by atoms with van der Waals surface area (Å²) in [7, 11) is 2.93. The average Bonchev–Trinajstić information content (AvgIpc) is 2.14. The van der Waals surface area contributed by atoms with Crippen molar-refractivity contribution in [2.45, 2.75) is 19.4 Å². The predicted molar refractivity (Wildman–Crippen MR) is 54.6 cm³/mol. The first-order chi connectivity index (χ1) is 6.72. The number of likely N-dealkylation sites (N-methyl/N-ethyl adjacent to an activating group) is 2. The van der Waals surface area contributed by atoms with Crippen LogP contribution in [0.5, 0.6) is 0 Å². The van der Waals surface area contributed by atoms with Crippen molar-refractivity contribution in [3.05, 3.63) is 0 Å². The van der Waals surface area contributed by atoms with Crippen LogP contribution in [0, 0.1) is 0 Å². The van der Waals surface area contributed by atoms with Crippen molar-refractivity contribution in [2.75, 3.05) is 27.2 Å². The number of aliphatic hydroxyl groups excluding tert-OH is 1. The van der Waals surface area contributed by atoms with Gasteiger partial charge in [0.25, 0.3) is 0 Å². The molecule has 15 heavy (non-hydrogen) atoms. The van der Waals surface area contributed by atoms with Crippen molar-refractivity contribution in [1.29, 1.82) is 0 Å². The average molecular weight is 218 g/mol. The smallest absolute Gasteiger partial charge is 0.323 e. The minimum absolute atomic E-state index is 0.184. The second-order valence-corrected chi connectivity index (χ2v) is 4.06. The molecule has 0 heterocycles. The molecule has 0 radical (unpaired) electrons. The number of carbonyl (C=O) groups excluding carboxylic acids is 1. The molecule has 0 aromatic rings. The molecule has 0 aliphatic heterocycles. The lowest BCUT2D eigenvalue weighted by Crippen LogP contribution is -2.52. The molecule has 0 rings (SSSR count). The van der Waals surface area contributed by atoms with Gasteiger partial charge in [0.05, 0.1) is 12.1 Å². The van der Waals surface area contributed by atoms with Crippen molar-refractivity contribution < 1.29 is 19.8 Å². The first-order valence-electron chi connectivity index (χ1n) is 4.54. The zero-order chi connectivity index (χ0) is 12.2. The fraction of sp³-hybridized carbons (Fsp3) is 0.778. The molecule has 0 saturated heterocycles. The van der Waals surface area contributed by atoms with E-state index >= 15 is 0 Å². The second-order valence-electron chi connectivity index (χ2n) is 4.06. The fourth-order valence-corrected chi connectivity index (χ4v) is 0.892.